The van der Waals surface area contributed by atoms with Crippen LogP contribution in [0.15, 0.2) is 42.5 Å². The van der Waals surface area contributed by atoms with Crippen LogP contribution in [0.2, 0.25) is 0 Å². The first kappa shape index (κ1) is 15.2. The Morgan fingerprint density at radius 3 is 2.80 bits per heavy atom. The van der Waals surface area contributed by atoms with Crippen LogP contribution in [0.4, 0.5) is 5.69 Å². The van der Waals surface area contributed by atoms with E-state index in [1.807, 2.05) is 12.1 Å². The van der Waals surface area contributed by atoms with Crippen LogP contribution in [0.3, 0.4) is 0 Å². The molecule has 7 heteroatoms. The summed E-state index contributed by atoms with van der Waals surface area (Å²) in [7, 11) is 0. The van der Waals surface area contributed by atoms with Crippen LogP contribution in [0.5, 0.6) is 0 Å². The summed E-state index contributed by atoms with van der Waals surface area (Å²) in [5, 5.41) is 14.3. The van der Waals surface area contributed by atoms with E-state index >= 15 is 0 Å². The van der Waals surface area contributed by atoms with Crippen molar-refractivity contribution in [2.24, 2.45) is 0 Å². The van der Waals surface area contributed by atoms with E-state index in [9.17, 15) is 9.59 Å². The predicted molar refractivity (Wildman–Crippen MR) is 90.9 cm³/mol. The summed E-state index contributed by atoms with van der Waals surface area (Å²) in [5.74, 6) is 0.529. The first-order valence-corrected chi connectivity index (χ1v) is 7.95. The van der Waals surface area contributed by atoms with Gasteiger partial charge in [0, 0.05) is 23.2 Å². The zero-order valence-electron chi connectivity index (χ0n) is 13.6. The number of carbonyl (C=O) groups excluding carboxylic acids is 2. The maximum atomic E-state index is 12.7. The number of carbonyl (C=O) groups is 2. The number of hydrogen-bond donors (Lipinski definition) is 1. The molecule has 0 saturated heterocycles. The molecule has 0 bridgehead atoms. The van der Waals surface area contributed by atoms with Crippen molar-refractivity contribution < 1.29 is 9.59 Å². The molecule has 7 nitrogen and oxygen atoms in total. The van der Waals surface area contributed by atoms with Gasteiger partial charge in [-0.25, -0.2) is 0 Å². The van der Waals surface area contributed by atoms with Gasteiger partial charge in [-0.2, -0.15) is 4.68 Å². The molecule has 1 N–H and O–H groups in total. The lowest BCUT2D eigenvalue weighted by atomic mass is 10.0. The number of rotatable bonds is 3. The number of aromatic nitrogens is 4. The van der Waals surface area contributed by atoms with E-state index in [2.05, 4.69) is 20.8 Å². The van der Waals surface area contributed by atoms with Crippen molar-refractivity contribution in [3.8, 4) is 5.69 Å². The van der Waals surface area contributed by atoms with Crippen LogP contribution >= 0.6 is 0 Å². The van der Waals surface area contributed by atoms with Crippen LogP contribution in [-0.2, 0) is 6.42 Å². The van der Waals surface area contributed by atoms with E-state index in [0.29, 0.717) is 35.5 Å². The average molecular weight is 333 g/mol. The number of hydrogen-bond acceptors (Lipinski definition) is 5. The van der Waals surface area contributed by atoms with Gasteiger partial charge in [-0.05, 0) is 53.6 Å². The third-order valence-electron chi connectivity index (χ3n) is 4.30. The molecule has 124 valence electrons. The summed E-state index contributed by atoms with van der Waals surface area (Å²) >= 11 is 0. The van der Waals surface area contributed by atoms with Crippen LogP contribution in [0.1, 0.15) is 38.5 Å². The van der Waals surface area contributed by atoms with Gasteiger partial charge < -0.3 is 5.32 Å². The minimum absolute atomic E-state index is 0.0980. The molecule has 1 aromatic heterocycles. The van der Waals surface area contributed by atoms with Crippen molar-refractivity contribution in [2.75, 3.05) is 5.32 Å². The molecular formula is C18H15N5O2. The zero-order valence-corrected chi connectivity index (χ0v) is 13.6. The quantitative estimate of drug-likeness (QED) is 0.794. The highest BCUT2D eigenvalue weighted by atomic mass is 16.1. The lowest BCUT2D eigenvalue weighted by Gasteiger charge is -2.10. The molecule has 1 aliphatic carbocycles. The normalized spacial score (nSPS) is 12.9. The van der Waals surface area contributed by atoms with Crippen LogP contribution in [0.25, 0.3) is 5.69 Å². The molecule has 0 fully saturated rings. The summed E-state index contributed by atoms with van der Waals surface area (Å²) in [5.41, 5.74) is 3.43. The van der Waals surface area contributed by atoms with Crippen molar-refractivity contribution in [1.29, 1.82) is 0 Å². The molecule has 0 radical (unpaired) electrons. The summed E-state index contributed by atoms with van der Waals surface area (Å²) in [6.07, 6.45) is 1.08. The third kappa shape index (κ3) is 2.69. The number of aryl methyl sites for hydroxylation is 1. The first-order chi connectivity index (χ1) is 12.1. The Kier molecular flexibility index (Phi) is 3.61. The minimum Gasteiger partial charge on any atom is -0.322 e. The molecule has 0 aliphatic heterocycles. The van der Waals surface area contributed by atoms with Gasteiger partial charge in [0.15, 0.2) is 11.6 Å². The number of ketones is 1. The fraction of sp³-hybridized carbons (Fsp3) is 0.167. The Morgan fingerprint density at radius 1 is 1.16 bits per heavy atom. The number of benzene rings is 2. The lowest BCUT2D eigenvalue weighted by Crippen LogP contribution is -2.14. The molecule has 0 unspecified atom stereocenters. The van der Waals surface area contributed by atoms with E-state index in [1.165, 1.54) is 0 Å². The smallest absolute Gasteiger partial charge is 0.255 e. The maximum absolute atomic E-state index is 12.7. The van der Waals surface area contributed by atoms with E-state index in [1.54, 1.807) is 41.9 Å². The molecule has 0 spiro atoms. The van der Waals surface area contributed by atoms with Crippen molar-refractivity contribution >= 4 is 17.4 Å². The monoisotopic (exact) mass is 333 g/mol. The topological polar surface area (TPSA) is 89.8 Å². The van der Waals surface area contributed by atoms with Gasteiger partial charge in [0.25, 0.3) is 5.91 Å². The number of nitrogens with zero attached hydrogens (tertiary/aromatic N) is 4. The van der Waals surface area contributed by atoms with Gasteiger partial charge in [-0.1, -0.05) is 18.2 Å². The molecule has 0 saturated carbocycles. The highest BCUT2D eigenvalue weighted by Crippen LogP contribution is 2.26. The van der Waals surface area contributed by atoms with Gasteiger partial charge in [0.2, 0.25) is 0 Å². The molecule has 3 aromatic rings. The second kappa shape index (κ2) is 5.94. The van der Waals surface area contributed by atoms with Crippen LogP contribution < -0.4 is 5.32 Å². The highest BCUT2D eigenvalue weighted by Gasteiger charge is 2.24. The Balaban J connectivity index is 1.63. The van der Waals surface area contributed by atoms with Gasteiger partial charge in [0.05, 0.1) is 5.69 Å². The predicted octanol–water partition coefficient (Wildman–Crippen LogP) is 2.35. The first-order valence-electron chi connectivity index (χ1n) is 7.95. The number of fused-ring (bicyclic) bond motifs is 1. The van der Waals surface area contributed by atoms with Crippen molar-refractivity contribution in [1.82, 2.24) is 20.2 Å². The Morgan fingerprint density at radius 2 is 2.00 bits per heavy atom. The number of anilines is 1. The lowest BCUT2D eigenvalue weighted by molar-refractivity contribution is 0.0993. The minimum atomic E-state index is -0.225. The number of tetrazole rings is 1. The SMILES string of the molecule is Cc1nnnn1-c1cccc(NC(=O)c2cccc3c2CCC3=O)c1. The molecule has 2 aromatic carbocycles. The van der Waals surface area contributed by atoms with Crippen LogP contribution in [-0.4, -0.2) is 31.9 Å². The fourth-order valence-electron chi connectivity index (χ4n) is 3.09. The molecule has 1 amide bonds. The molecule has 1 aliphatic rings. The van der Waals surface area contributed by atoms with Gasteiger partial charge in [-0.15, -0.1) is 5.10 Å². The second-order valence-corrected chi connectivity index (χ2v) is 5.90. The molecular weight excluding hydrogens is 318 g/mol. The Labute approximate surface area is 143 Å². The van der Waals surface area contributed by atoms with Crippen molar-refractivity contribution in [2.45, 2.75) is 19.8 Å². The summed E-state index contributed by atoms with van der Waals surface area (Å²) in [6.45, 7) is 1.80. The second-order valence-electron chi connectivity index (χ2n) is 5.90. The zero-order chi connectivity index (χ0) is 17.4. The van der Waals surface area contributed by atoms with Crippen molar-refractivity contribution in [3.63, 3.8) is 0 Å². The number of nitrogens with one attached hydrogen (secondary N) is 1. The fourth-order valence-corrected chi connectivity index (χ4v) is 3.09. The molecule has 4 rings (SSSR count). The standard InChI is InChI=1S/C18H15N5O2/c1-11-20-21-22-23(11)13-5-2-4-12(10-13)19-18(25)16-7-3-6-15-14(16)8-9-17(15)24/h2-7,10H,8-9H2,1H3,(H,19,25). The highest BCUT2D eigenvalue weighted by molar-refractivity contribution is 6.09. The number of Topliss-reactive ketones (excluding diaryl/α,β-unsaturated/α-hetero) is 1. The van der Waals surface area contributed by atoms with Crippen molar-refractivity contribution in [3.05, 3.63) is 65.0 Å². The molecule has 25 heavy (non-hydrogen) atoms. The summed E-state index contributed by atoms with van der Waals surface area (Å²) in [6, 6.07) is 12.6. The largest absolute Gasteiger partial charge is 0.322 e. The van der Waals surface area contributed by atoms with E-state index < -0.39 is 0 Å². The van der Waals surface area contributed by atoms with Gasteiger partial charge in [-0.3, -0.25) is 9.59 Å². The van der Waals surface area contributed by atoms with E-state index in [0.717, 1.165) is 11.3 Å². The Bertz CT molecular complexity index is 993. The Hall–Kier alpha value is -3.35. The van der Waals surface area contributed by atoms with E-state index in [4.69, 9.17) is 0 Å². The maximum Gasteiger partial charge on any atom is 0.255 e. The molecule has 0 atom stereocenters. The average Bonchev–Trinajstić information content (AvgIpc) is 3.21. The number of amides is 1. The van der Waals surface area contributed by atoms with Gasteiger partial charge >= 0.3 is 0 Å². The molecule has 1 heterocycles. The van der Waals surface area contributed by atoms with Gasteiger partial charge in [0.1, 0.15) is 0 Å². The third-order valence-corrected chi connectivity index (χ3v) is 4.30. The van der Waals surface area contributed by atoms with E-state index in [-0.39, 0.29) is 11.7 Å². The summed E-state index contributed by atoms with van der Waals surface area (Å²) in [4.78, 5) is 24.5. The van der Waals surface area contributed by atoms with Crippen LogP contribution in [0, 0.1) is 6.92 Å². The summed E-state index contributed by atoms with van der Waals surface area (Å²) < 4.78 is 1.59.